The van der Waals surface area contributed by atoms with E-state index in [-0.39, 0.29) is 19.2 Å². The fourth-order valence-electron chi connectivity index (χ4n) is 9.94. The van der Waals surface area contributed by atoms with Crippen molar-refractivity contribution in [2.75, 3.05) is 0 Å². The molecule has 0 aliphatic carbocycles. The molecular weight excluding hydrogens is 558 g/mol. The fourth-order valence-corrected chi connectivity index (χ4v) is 9.94. The first kappa shape index (κ1) is 23.9. The molecule has 4 aliphatic heterocycles. The quantitative estimate of drug-likeness (QED) is 0.212. The highest BCUT2D eigenvalue weighted by atomic mass is 16.3. The summed E-state index contributed by atoms with van der Waals surface area (Å²) >= 11 is 0. The molecule has 8 aromatic rings. The van der Waals surface area contributed by atoms with Crippen molar-refractivity contribution in [2.24, 2.45) is 0 Å². The van der Waals surface area contributed by atoms with Crippen LogP contribution in [0.15, 0.2) is 121 Å². The molecule has 0 radical (unpaired) electrons. The molecule has 2 nitrogen and oxygen atoms in total. The second kappa shape index (κ2) is 7.85. The van der Waals surface area contributed by atoms with Crippen LogP contribution in [0, 0.1) is 0 Å². The molecule has 0 saturated carbocycles. The Morgan fingerprint density at radius 3 is 1.72 bits per heavy atom. The summed E-state index contributed by atoms with van der Waals surface area (Å²) in [5.74, 6) is 0.125. The Morgan fingerprint density at radius 1 is 0.435 bits per heavy atom. The molecule has 0 aromatic heterocycles. The number of ketones is 1. The lowest BCUT2D eigenvalue weighted by atomic mass is 9.30. The van der Waals surface area contributed by atoms with E-state index in [1.807, 2.05) is 24.3 Å². The second-order valence-corrected chi connectivity index (χ2v) is 13.5. The largest absolute Gasteiger partial charge is 0.384 e. The van der Waals surface area contributed by atoms with E-state index < -0.39 is 6.10 Å². The number of fused-ring (bicyclic) bond motifs is 8. The maximum Gasteiger partial charge on any atom is 0.244 e. The number of aliphatic hydroxyl groups is 1. The number of benzene rings is 8. The van der Waals surface area contributed by atoms with Crippen LogP contribution in [0.3, 0.4) is 0 Å². The van der Waals surface area contributed by atoms with Gasteiger partial charge in [0, 0.05) is 11.1 Å². The van der Waals surface area contributed by atoms with Gasteiger partial charge in [-0.05, 0) is 71.2 Å². The number of hydrogen-bond acceptors (Lipinski definition) is 2. The van der Waals surface area contributed by atoms with Gasteiger partial charge in [-0.15, -0.1) is 0 Å². The first-order chi connectivity index (χ1) is 22.7. The SMILES string of the molecule is O=C1c2ccccc2B2c3c1cccc3-c1ccc3cc4c5c(ccc6cc2c1c3c65)-c1cccc2c1B4c1ccccc1C2O. The van der Waals surface area contributed by atoms with Gasteiger partial charge in [0.2, 0.25) is 13.4 Å². The highest BCUT2D eigenvalue weighted by molar-refractivity contribution is 7.01. The molecule has 46 heavy (non-hydrogen) atoms. The Kier molecular flexibility index (Phi) is 4.07. The summed E-state index contributed by atoms with van der Waals surface area (Å²) in [7, 11) is 0. The first-order valence-corrected chi connectivity index (χ1v) is 16.1. The van der Waals surface area contributed by atoms with Crippen molar-refractivity contribution in [1.82, 2.24) is 0 Å². The molecular formula is C42H22B2O2. The second-order valence-electron chi connectivity index (χ2n) is 13.5. The third-order valence-electron chi connectivity index (χ3n) is 11.6. The van der Waals surface area contributed by atoms with Crippen LogP contribution in [-0.4, -0.2) is 24.3 Å². The molecule has 4 aliphatic rings. The minimum absolute atomic E-state index is 0.00338. The summed E-state index contributed by atoms with van der Waals surface area (Å²) in [6.45, 7) is 0.0579. The Morgan fingerprint density at radius 2 is 0.978 bits per heavy atom. The molecule has 8 aromatic carbocycles. The van der Waals surface area contributed by atoms with Crippen molar-refractivity contribution in [3.8, 4) is 22.3 Å². The Hall–Kier alpha value is -5.44. The zero-order chi connectivity index (χ0) is 30.0. The minimum atomic E-state index is -0.634. The standard InChI is InChI=1S/C42H22B2O2/c45-41-27-7-1-3-13-31(27)43-33-19-21-15-18-24-26-10-6-12-30-40(26)44(32-14-4-2-8-28(32)42(30)46)34-20-22-16-17-23(25-9-5-11-29(41)39(25)43)37(33)35(22)36(21)38(24)34/h1-20,41,45H. The lowest BCUT2D eigenvalue weighted by Gasteiger charge is -2.37. The maximum atomic E-state index is 13.8. The van der Waals surface area contributed by atoms with E-state index >= 15 is 0 Å². The third kappa shape index (κ3) is 2.53. The van der Waals surface area contributed by atoms with E-state index in [1.54, 1.807) is 0 Å². The number of aliphatic hydroxyl groups excluding tert-OH is 1. The van der Waals surface area contributed by atoms with Crippen molar-refractivity contribution in [1.29, 1.82) is 0 Å². The van der Waals surface area contributed by atoms with Crippen molar-refractivity contribution < 1.29 is 9.90 Å². The zero-order valence-corrected chi connectivity index (χ0v) is 24.6. The van der Waals surface area contributed by atoms with Crippen LogP contribution in [0.4, 0.5) is 0 Å². The van der Waals surface area contributed by atoms with Crippen LogP contribution in [0.5, 0.6) is 0 Å². The predicted octanol–water partition coefficient (Wildman–Crippen LogP) is 4.52. The lowest BCUT2D eigenvalue weighted by molar-refractivity contribution is 0.104. The molecule has 0 amide bonds. The van der Waals surface area contributed by atoms with Crippen LogP contribution in [0.2, 0.25) is 0 Å². The van der Waals surface area contributed by atoms with Crippen molar-refractivity contribution in [2.45, 2.75) is 6.10 Å². The predicted molar refractivity (Wildman–Crippen MR) is 191 cm³/mol. The number of carbonyl (C=O) groups is 1. The lowest BCUT2D eigenvalue weighted by Crippen LogP contribution is -2.60. The molecule has 0 saturated heterocycles. The van der Waals surface area contributed by atoms with Gasteiger partial charge in [0.1, 0.15) is 6.10 Å². The normalized spacial score (nSPS) is 16.1. The molecule has 0 bridgehead atoms. The zero-order valence-electron chi connectivity index (χ0n) is 24.6. The van der Waals surface area contributed by atoms with Crippen molar-refractivity contribution in [3.05, 3.63) is 144 Å². The molecule has 1 atom stereocenters. The van der Waals surface area contributed by atoms with E-state index in [4.69, 9.17) is 0 Å². The van der Waals surface area contributed by atoms with Crippen LogP contribution >= 0.6 is 0 Å². The van der Waals surface area contributed by atoms with Gasteiger partial charge in [-0.2, -0.15) is 0 Å². The molecule has 1 N–H and O–H groups in total. The van der Waals surface area contributed by atoms with Crippen LogP contribution < -0.4 is 32.8 Å². The number of rotatable bonds is 0. The summed E-state index contributed by atoms with van der Waals surface area (Å²) in [5.41, 5.74) is 15.8. The molecule has 208 valence electrons. The third-order valence-corrected chi connectivity index (χ3v) is 11.6. The van der Waals surface area contributed by atoms with Gasteiger partial charge < -0.3 is 5.11 Å². The van der Waals surface area contributed by atoms with Crippen molar-refractivity contribution >= 4 is 84.3 Å². The van der Waals surface area contributed by atoms with E-state index in [2.05, 4.69) is 97.1 Å². The van der Waals surface area contributed by atoms with Gasteiger partial charge in [-0.25, -0.2) is 0 Å². The van der Waals surface area contributed by atoms with Gasteiger partial charge in [0.25, 0.3) is 0 Å². The van der Waals surface area contributed by atoms with E-state index in [0.29, 0.717) is 0 Å². The monoisotopic (exact) mass is 580 g/mol. The van der Waals surface area contributed by atoms with Gasteiger partial charge in [-0.1, -0.05) is 149 Å². The van der Waals surface area contributed by atoms with Gasteiger partial charge in [0.15, 0.2) is 5.78 Å². The first-order valence-electron chi connectivity index (χ1n) is 16.1. The average molecular weight is 580 g/mol. The molecule has 4 heterocycles. The van der Waals surface area contributed by atoms with Crippen LogP contribution in [0.25, 0.3) is 54.6 Å². The average Bonchev–Trinajstić information content (AvgIpc) is 3.11. The van der Waals surface area contributed by atoms with Crippen LogP contribution in [-0.2, 0) is 0 Å². The highest BCUT2D eigenvalue weighted by Crippen LogP contribution is 2.45. The molecule has 4 heteroatoms. The van der Waals surface area contributed by atoms with Gasteiger partial charge in [-0.3, -0.25) is 4.79 Å². The summed E-state index contributed by atoms with van der Waals surface area (Å²) in [6, 6.07) is 43.5. The van der Waals surface area contributed by atoms with Gasteiger partial charge in [0.05, 0.1) is 0 Å². The van der Waals surface area contributed by atoms with E-state index in [9.17, 15) is 9.90 Å². The molecule has 12 rings (SSSR count). The summed E-state index contributed by atoms with van der Waals surface area (Å²) in [5, 5.41) is 19.3. The highest BCUT2D eigenvalue weighted by Gasteiger charge is 2.43. The smallest absolute Gasteiger partial charge is 0.244 e. The molecule has 0 spiro atoms. The summed E-state index contributed by atoms with van der Waals surface area (Å²) in [6.07, 6.45) is -0.634. The summed E-state index contributed by atoms with van der Waals surface area (Å²) < 4.78 is 0. The fraction of sp³-hybridized carbons (Fsp3) is 0.0238. The van der Waals surface area contributed by atoms with E-state index in [0.717, 1.165) is 33.2 Å². The van der Waals surface area contributed by atoms with E-state index in [1.165, 1.54) is 76.4 Å². The topological polar surface area (TPSA) is 37.3 Å². The Balaban J connectivity index is 1.27. The van der Waals surface area contributed by atoms with Gasteiger partial charge >= 0.3 is 0 Å². The summed E-state index contributed by atoms with van der Waals surface area (Å²) in [4.78, 5) is 13.8. The molecule has 1 unspecified atom stereocenters. The minimum Gasteiger partial charge on any atom is -0.384 e. The molecule has 0 fully saturated rings. The Labute approximate surface area is 265 Å². The van der Waals surface area contributed by atoms with Crippen molar-refractivity contribution in [3.63, 3.8) is 0 Å². The Bertz CT molecular complexity index is 2760. The van der Waals surface area contributed by atoms with Crippen LogP contribution in [0.1, 0.15) is 33.2 Å². The maximum absolute atomic E-state index is 13.8. The number of hydrogen-bond donors (Lipinski definition) is 1. The number of carbonyl (C=O) groups excluding carboxylic acids is 1.